The Labute approximate surface area is 138 Å². The summed E-state index contributed by atoms with van der Waals surface area (Å²) in [5, 5.41) is 2.77. The monoisotopic (exact) mass is 338 g/mol. The second kappa shape index (κ2) is 6.83. The first kappa shape index (κ1) is 17.0. The van der Waals surface area contributed by atoms with Gasteiger partial charge in [0.05, 0.1) is 5.02 Å². The van der Waals surface area contributed by atoms with E-state index in [1.165, 1.54) is 6.20 Å². The third kappa shape index (κ3) is 5.41. The molecular formula is C16H16ClFN2O3. The Hall–Kier alpha value is -2.34. The number of benzene rings is 1. The molecular weight excluding hydrogens is 323 g/mol. The van der Waals surface area contributed by atoms with Gasteiger partial charge in [-0.2, -0.15) is 0 Å². The minimum Gasteiger partial charge on any atom is -0.444 e. The summed E-state index contributed by atoms with van der Waals surface area (Å²) < 4.78 is 24.1. The number of hydrogen-bond acceptors (Lipinski definition) is 4. The number of rotatable bonds is 3. The van der Waals surface area contributed by atoms with E-state index in [1.54, 1.807) is 45.0 Å². The Morgan fingerprint density at radius 3 is 2.48 bits per heavy atom. The maximum Gasteiger partial charge on any atom is 0.412 e. The van der Waals surface area contributed by atoms with Crippen LogP contribution >= 0.6 is 11.6 Å². The largest absolute Gasteiger partial charge is 0.444 e. The van der Waals surface area contributed by atoms with E-state index in [9.17, 15) is 9.18 Å². The van der Waals surface area contributed by atoms with Gasteiger partial charge in [0.25, 0.3) is 5.88 Å². The lowest BCUT2D eigenvalue weighted by Gasteiger charge is -2.19. The summed E-state index contributed by atoms with van der Waals surface area (Å²) >= 11 is 5.62. The number of nitrogens with zero attached hydrogens (tertiary/aromatic N) is 1. The molecule has 0 spiro atoms. The Morgan fingerprint density at radius 2 is 1.91 bits per heavy atom. The molecule has 1 amide bonds. The number of nitrogens with one attached hydrogen (secondary N) is 1. The van der Waals surface area contributed by atoms with Gasteiger partial charge < -0.3 is 9.47 Å². The van der Waals surface area contributed by atoms with Crippen LogP contribution in [0.3, 0.4) is 0 Å². The van der Waals surface area contributed by atoms with Gasteiger partial charge >= 0.3 is 6.09 Å². The van der Waals surface area contributed by atoms with Crippen LogP contribution in [0.4, 0.5) is 14.9 Å². The molecule has 1 aromatic heterocycles. The summed E-state index contributed by atoms with van der Waals surface area (Å²) in [5.74, 6) is -0.468. The van der Waals surface area contributed by atoms with Gasteiger partial charge in [-0.1, -0.05) is 11.6 Å². The Balaban J connectivity index is 2.01. The van der Waals surface area contributed by atoms with Crippen molar-refractivity contribution in [1.82, 2.24) is 4.98 Å². The third-order valence-corrected chi connectivity index (χ3v) is 2.69. The number of carbonyl (C=O) groups excluding carboxylic acids is 1. The normalized spacial score (nSPS) is 11.0. The van der Waals surface area contributed by atoms with Crippen molar-refractivity contribution in [3.63, 3.8) is 0 Å². The summed E-state index contributed by atoms with van der Waals surface area (Å²) in [6.07, 6.45) is 0.731. The number of halogens is 2. The fraction of sp³-hybridized carbons (Fsp3) is 0.250. The molecule has 0 fully saturated rings. The topological polar surface area (TPSA) is 60.5 Å². The van der Waals surface area contributed by atoms with Crippen LogP contribution in [-0.4, -0.2) is 16.7 Å². The average Bonchev–Trinajstić information content (AvgIpc) is 2.42. The molecule has 0 aliphatic rings. The number of aromatic nitrogens is 1. The molecule has 0 aliphatic carbocycles. The number of amides is 1. The lowest BCUT2D eigenvalue weighted by Crippen LogP contribution is -2.27. The van der Waals surface area contributed by atoms with Crippen molar-refractivity contribution in [2.75, 3.05) is 5.32 Å². The van der Waals surface area contributed by atoms with Crippen molar-refractivity contribution < 1.29 is 18.7 Å². The first-order chi connectivity index (χ1) is 10.7. The molecule has 23 heavy (non-hydrogen) atoms. The van der Waals surface area contributed by atoms with E-state index in [2.05, 4.69) is 10.3 Å². The Morgan fingerprint density at radius 1 is 1.26 bits per heavy atom. The SMILES string of the molecule is CC(C)(C)OC(=O)Nc1ccc(Oc2ncc(Cl)cc2F)cc1. The highest BCUT2D eigenvalue weighted by Crippen LogP contribution is 2.25. The van der Waals surface area contributed by atoms with Crippen LogP contribution in [0.2, 0.25) is 5.02 Å². The number of pyridine rings is 1. The second-order valence-corrected chi connectivity index (χ2v) is 6.13. The lowest BCUT2D eigenvalue weighted by molar-refractivity contribution is 0.0636. The zero-order valence-electron chi connectivity index (χ0n) is 12.9. The fourth-order valence-corrected chi connectivity index (χ4v) is 1.76. The molecule has 0 bridgehead atoms. The Bertz CT molecular complexity index is 699. The first-order valence-electron chi connectivity index (χ1n) is 6.82. The predicted octanol–water partition coefficient (Wildman–Crippen LogP) is 5.01. The van der Waals surface area contributed by atoms with Crippen LogP contribution in [0.15, 0.2) is 36.5 Å². The van der Waals surface area contributed by atoms with E-state index < -0.39 is 17.5 Å². The van der Waals surface area contributed by atoms with E-state index >= 15 is 0 Å². The molecule has 0 atom stereocenters. The van der Waals surface area contributed by atoms with E-state index in [-0.39, 0.29) is 10.9 Å². The minimum absolute atomic E-state index is 0.178. The van der Waals surface area contributed by atoms with Crippen LogP contribution in [0.25, 0.3) is 0 Å². The molecule has 2 rings (SSSR count). The summed E-state index contributed by atoms with van der Waals surface area (Å²) in [4.78, 5) is 15.4. The molecule has 0 unspecified atom stereocenters. The van der Waals surface area contributed by atoms with Gasteiger partial charge in [-0.05, 0) is 51.1 Å². The number of ether oxygens (including phenoxy) is 2. The zero-order chi connectivity index (χ0) is 17.0. The first-order valence-corrected chi connectivity index (χ1v) is 7.20. The summed E-state index contributed by atoms with van der Waals surface area (Å²) in [5.41, 5.74) is -0.0543. The van der Waals surface area contributed by atoms with E-state index in [1.807, 2.05) is 0 Å². The summed E-state index contributed by atoms with van der Waals surface area (Å²) in [6, 6.07) is 7.47. The standard InChI is InChI=1S/C16H16ClFN2O3/c1-16(2,3)23-15(21)20-11-4-6-12(7-5-11)22-14-13(18)8-10(17)9-19-14/h4-9H,1-3H3,(H,20,21). The smallest absolute Gasteiger partial charge is 0.412 e. The number of hydrogen-bond donors (Lipinski definition) is 1. The van der Waals surface area contributed by atoms with Crippen molar-refractivity contribution in [3.8, 4) is 11.6 Å². The zero-order valence-corrected chi connectivity index (χ0v) is 13.6. The van der Waals surface area contributed by atoms with Crippen molar-refractivity contribution in [3.05, 3.63) is 47.4 Å². The average molecular weight is 339 g/mol. The molecule has 7 heteroatoms. The molecule has 0 saturated heterocycles. The van der Waals surface area contributed by atoms with Crippen LogP contribution in [0.5, 0.6) is 11.6 Å². The highest BCUT2D eigenvalue weighted by Gasteiger charge is 2.16. The van der Waals surface area contributed by atoms with Crippen molar-refractivity contribution in [1.29, 1.82) is 0 Å². The van der Waals surface area contributed by atoms with Gasteiger partial charge in [0.2, 0.25) is 0 Å². The van der Waals surface area contributed by atoms with Crippen molar-refractivity contribution >= 4 is 23.4 Å². The maximum absolute atomic E-state index is 13.6. The molecule has 0 saturated carbocycles. The van der Waals surface area contributed by atoms with E-state index in [4.69, 9.17) is 21.1 Å². The highest BCUT2D eigenvalue weighted by molar-refractivity contribution is 6.30. The van der Waals surface area contributed by atoms with Gasteiger partial charge in [-0.15, -0.1) is 0 Å². The van der Waals surface area contributed by atoms with Gasteiger partial charge in [0.1, 0.15) is 11.4 Å². The van der Waals surface area contributed by atoms with Crippen LogP contribution in [0, 0.1) is 5.82 Å². The van der Waals surface area contributed by atoms with Gasteiger partial charge in [0, 0.05) is 11.9 Å². The molecule has 5 nitrogen and oxygen atoms in total. The summed E-state index contributed by atoms with van der Waals surface area (Å²) in [7, 11) is 0. The Kier molecular flexibility index (Phi) is 5.05. The van der Waals surface area contributed by atoms with Crippen molar-refractivity contribution in [2.24, 2.45) is 0 Å². The third-order valence-electron chi connectivity index (χ3n) is 2.49. The van der Waals surface area contributed by atoms with Crippen LogP contribution < -0.4 is 10.1 Å². The second-order valence-electron chi connectivity index (χ2n) is 5.69. The fourth-order valence-electron chi connectivity index (χ4n) is 1.62. The molecule has 0 aliphatic heterocycles. The van der Waals surface area contributed by atoms with Crippen LogP contribution in [0.1, 0.15) is 20.8 Å². The highest BCUT2D eigenvalue weighted by atomic mass is 35.5. The minimum atomic E-state index is -0.659. The predicted molar refractivity (Wildman–Crippen MR) is 85.6 cm³/mol. The van der Waals surface area contributed by atoms with Gasteiger partial charge in [0.15, 0.2) is 5.82 Å². The van der Waals surface area contributed by atoms with E-state index in [0.717, 1.165) is 6.07 Å². The summed E-state index contributed by atoms with van der Waals surface area (Å²) in [6.45, 7) is 5.32. The molecule has 1 heterocycles. The van der Waals surface area contributed by atoms with Crippen LogP contribution in [-0.2, 0) is 4.74 Å². The molecule has 122 valence electrons. The molecule has 1 aromatic carbocycles. The molecule has 1 N–H and O–H groups in total. The maximum atomic E-state index is 13.6. The van der Waals surface area contributed by atoms with E-state index in [0.29, 0.717) is 11.4 Å². The molecule has 2 aromatic rings. The number of anilines is 1. The molecule has 0 radical (unpaired) electrons. The van der Waals surface area contributed by atoms with Gasteiger partial charge in [-0.25, -0.2) is 14.2 Å². The lowest BCUT2D eigenvalue weighted by atomic mass is 10.2. The quantitative estimate of drug-likeness (QED) is 0.854. The number of carbonyl (C=O) groups is 1. The van der Waals surface area contributed by atoms with Crippen molar-refractivity contribution in [2.45, 2.75) is 26.4 Å². The van der Waals surface area contributed by atoms with Gasteiger partial charge in [-0.3, -0.25) is 5.32 Å².